The largest absolute Gasteiger partial charge is 0.490 e. The Morgan fingerprint density at radius 2 is 1.89 bits per heavy atom. The van der Waals surface area contributed by atoms with E-state index in [9.17, 15) is 0 Å². The summed E-state index contributed by atoms with van der Waals surface area (Å²) in [4.78, 5) is 4.16. The van der Waals surface area contributed by atoms with E-state index in [2.05, 4.69) is 15.2 Å². The molecule has 0 atom stereocenters. The fraction of sp³-hybridized carbons (Fsp3) is 0.385. The van der Waals surface area contributed by atoms with Gasteiger partial charge >= 0.3 is 0 Å². The van der Waals surface area contributed by atoms with Gasteiger partial charge in [-0.25, -0.2) is 4.98 Å². The molecule has 2 rings (SSSR count). The quantitative estimate of drug-likeness (QED) is 0.830. The number of aromatic nitrogens is 3. The highest BCUT2D eigenvalue weighted by Crippen LogP contribution is 2.31. The molecule has 2 N–H and O–H groups in total. The van der Waals surface area contributed by atoms with Crippen molar-refractivity contribution in [3.8, 4) is 22.9 Å². The second kappa shape index (κ2) is 6.19. The molecule has 0 aliphatic heterocycles. The molecule has 1 aromatic heterocycles. The van der Waals surface area contributed by atoms with E-state index in [-0.39, 0.29) is 6.61 Å². The topological polar surface area (TPSA) is 80.3 Å². The number of aromatic amines is 1. The normalized spacial score (nSPS) is 10.5. The van der Waals surface area contributed by atoms with E-state index in [4.69, 9.17) is 14.6 Å². The molecule has 6 nitrogen and oxygen atoms in total. The first-order valence-electron chi connectivity index (χ1n) is 6.20. The predicted octanol–water partition coefficient (Wildman–Crippen LogP) is 1.76. The summed E-state index contributed by atoms with van der Waals surface area (Å²) in [5.41, 5.74) is 0.808. The van der Waals surface area contributed by atoms with Crippen LogP contribution in [-0.4, -0.2) is 33.5 Å². The molecule has 0 aliphatic carbocycles. The number of hydrogen-bond donors (Lipinski definition) is 2. The Bertz CT molecular complexity index is 540. The van der Waals surface area contributed by atoms with Crippen LogP contribution >= 0.6 is 0 Å². The van der Waals surface area contributed by atoms with Crippen molar-refractivity contribution < 1.29 is 14.6 Å². The second-order valence-corrected chi connectivity index (χ2v) is 3.79. The van der Waals surface area contributed by atoms with Crippen molar-refractivity contribution in [2.45, 2.75) is 20.5 Å². The minimum Gasteiger partial charge on any atom is -0.490 e. The molecule has 0 saturated heterocycles. The molecule has 0 bridgehead atoms. The molecule has 0 radical (unpaired) electrons. The summed E-state index contributed by atoms with van der Waals surface area (Å²) in [7, 11) is 0. The zero-order valence-electron chi connectivity index (χ0n) is 11.0. The Labute approximate surface area is 111 Å². The van der Waals surface area contributed by atoms with Crippen molar-refractivity contribution in [1.82, 2.24) is 15.2 Å². The lowest BCUT2D eigenvalue weighted by atomic mass is 10.2. The summed E-state index contributed by atoms with van der Waals surface area (Å²) in [6.45, 7) is 4.81. The Hall–Kier alpha value is -2.08. The molecule has 0 aliphatic rings. The number of nitrogens with zero attached hydrogens (tertiary/aromatic N) is 2. The molecule has 2 aromatic rings. The van der Waals surface area contributed by atoms with Crippen molar-refractivity contribution >= 4 is 0 Å². The van der Waals surface area contributed by atoms with Gasteiger partial charge in [0.1, 0.15) is 6.61 Å². The van der Waals surface area contributed by atoms with Crippen LogP contribution in [0, 0.1) is 0 Å². The van der Waals surface area contributed by atoms with E-state index in [0.717, 1.165) is 5.56 Å². The second-order valence-electron chi connectivity index (χ2n) is 3.79. The van der Waals surface area contributed by atoms with Gasteiger partial charge in [0.25, 0.3) is 0 Å². The SMILES string of the molecule is CCOc1ccc(-c2n[nH]c(CO)n2)cc1OCC. The highest BCUT2D eigenvalue weighted by atomic mass is 16.5. The standard InChI is InChI=1S/C13H17N3O3/c1-3-18-10-6-5-9(7-11(10)19-4-2)13-14-12(8-17)15-16-13/h5-7,17H,3-4,8H2,1-2H3,(H,14,15,16). The lowest BCUT2D eigenvalue weighted by Crippen LogP contribution is -1.98. The van der Waals surface area contributed by atoms with Gasteiger partial charge in [-0.3, -0.25) is 5.10 Å². The molecule has 1 aromatic carbocycles. The Morgan fingerprint density at radius 3 is 2.53 bits per heavy atom. The number of hydrogen-bond acceptors (Lipinski definition) is 5. The van der Waals surface area contributed by atoms with Gasteiger partial charge in [-0.05, 0) is 32.0 Å². The van der Waals surface area contributed by atoms with Crippen LogP contribution in [0.3, 0.4) is 0 Å². The number of aliphatic hydroxyl groups excluding tert-OH is 1. The highest BCUT2D eigenvalue weighted by molar-refractivity contribution is 5.60. The summed E-state index contributed by atoms with van der Waals surface area (Å²) in [6, 6.07) is 5.52. The highest BCUT2D eigenvalue weighted by Gasteiger charge is 2.10. The van der Waals surface area contributed by atoms with Gasteiger partial charge in [0, 0.05) is 5.56 Å². The molecule has 0 saturated carbocycles. The van der Waals surface area contributed by atoms with Gasteiger partial charge in [0.05, 0.1) is 13.2 Å². The van der Waals surface area contributed by atoms with E-state index in [1.807, 2.05) is 32.0 Å². The third kappa shape index (κ3) is 3.03. The van der Waals surface area contributed by atoms with Crippen molar-refractivity contribution in [3.05, 3.63) is 24.0 Å². The van der Waals surface area contributed by atoms with Crippen molar-refractivity contribution in [2.75, 3.05) is 13.2 Å². The molecule has 0 amide bonds. The number of H-pyrrole nitrogens is 1. The van der Waals surface area contributed by atoms with Crippen LogP contribution in [0.2, 0.25) is 0 Å². The Morgan fingerprint density at radius 1 is 1.16 bits per heavy atom. The monoisotopic (exact) mass is 263 g/mol. The molecule has 0 spiro atoms. The van der Waals surface area contributed by atoms with Crippen LogP contribution in [0.25, 0.3) is 11.4 Å². The smallest absolute Gasteiger partial charge is 0.181 e. The van der Waals surface area contributed by atoms with Crippen molar-refractivity contribution in [3.63, 3.8) is 0 Å². The molecule has 0 fully saturated rings. The van der Waals surface area contributed by atoms with Gasteiger partial charge in [-0.2, -0.15) is 5.10 Å². The molecular formula is C13H17N3O3. The third-order valence-corrected chi connectivity index (χ3v) is 2.48. The van der Waals surface area contributed by atoms with E-state index >= 15 is 0 Å². The van der Waals surface area contributed by atoms with E-state index in [1.54, 1.807) is 0 Å². The molecule has 6 heteroatoms. The first kappa shape index (κ1) is 13.4. The zero-order valence-corrected chi connectivity index (χ0v) is 11.0. The van der Waals surface area contributed by atoms with E-state index in [0.29, 0.717) is 36.4 Å². The third-order valence-electron chi connectivity index (χ3n) is 2.48. The van der Waals surface area contributed by atoms with Crippen LogP contribution in [-0.2, 0) is 6.61 Å². The van der Waals surface area contributed by atoms with Gasteiger partial charge in [0.15, 0.2) is 23.1 Å². The molecular weight excluding hydrogens is 246 g/mol. The zero-order chi connectivity index (χ0) is 13.7. The van der Waals surface area contributed by atoms with Crippen LogP contribution in [0.4, 0.5) is 0 Å². The number of ether oxygens (including phenoxy) is 2. The first-order valence-corrected chi connectivity index (χ1v) is 6.20. The maximum atomic E-state index is 8.97. The lowest BCUT2D eigenvalue weighted by molar-refractivity contribution is 0.272. The molecule has 19 heavy (non-hydrogen) atoms. The van der Waals surface area contributed by atoms with Crippen LogP contribution in [0.15, 0.2) is 18.2 Å². The van der Waals surface area contributed by atoms with Crippen molar-refractivity contribution in [1.29, 1.82) is 0 Å². The van der Waals surface area contributed by atoms with Crippen LogP contribution < -0.4 is 9.47 Å². The maximum Gasteiger partial charge on any atom is 0.181 e. The number of benzene rings is 1. The average molecular weight is 263 g/mol. The minimum atomic E-state index is -0.164. The maximum absolute atomic E-state index is 8.97. The predicted molar refractivity (Wildman–Crippen MR) is 70.1 cm³/mol. The lowest BCUT2D eigenvalue weighted by Gasteiger charge is -2.11. The molecule has 1 heterocycles. The summed E-state index contributed by atoms with van der Waals surface area (Å²) in [5, 5.41) is 15.7. The van der Waals surface area contributed by atoms with Crippen molar-refractivity contribution in [2.24, 2.45) is 0 Å². The van der Waals surface area contributed by atoms with Crippen LogP contribution in [0.5, 0.6) is 11.5 Å². The minimum absolute atomic E-state index is 0.164. The average Bonchev–Trinajstić information content (AvgIpc) is 2.90. The summed E-state index contributed by atoms with van der Waals surface area (Å²) < 4.78 is 11.0. The number of aliphatic hydroxyl groups is 1. The van der Waals surface area contributed by atoms with Gasteiger partial charge in [-0.15, -0.1) is 0 Å². The molecule has 0 unspecified atom stereocenters. The fourth-order valence-corrected chi connectivity index (χ4v) is 1.69. The number of rotatable bonds is 6. The van der Waals surface area contributed by atoms with E-state index < -0.39 is 0 Å². The Kier molecular flexibility index (Phi) is 4.35. The summed E-state index contributed by atoms with van der Waals surface area (Å²) in [6.07, 6.45) is 0. The van der Waals surface area contributed by atoms with E-state index in [1.165, 1.54) is 0 Å². The summed E-state index contributed by atoms with van der Waals surface area (Å²) >= 11 is 0. The fourth-order valence-electron chi connectivity index (χ4n) is 1.69. The summed E-state index contributed by atoms with van der Waals surface area (Å²) in [5.74, 6) is 2.32. The Balaban J connectivity index is 2.33. The first-order chi connectivity index (χ1) is 9.28. The number of nitrogens with one attached hydrogen (secondary N) is 1. The van der Waals surface area contributed by atoms with Gasteiger partial charge in [0.2, 0.25) is 0 Å². The van der Waals surface area contributed by atoms with Gasteiger partial charge < -0.3 is 14.6 Å². The van der Waals surface area contributed by atoms with Crippen LogP contribution in [0.1, 0.15) is 19.7 Å². The van der Waals surface area contributed by atoms with Gasteiger partial charge in [-0.1, -0.05) is 0 Å². The molecule has 102 valence electrons.